The average molecular weight is 275 g/mol. The van der Waals surface area contributed by atoms with Crippen molar-refractivity contribution in [2.24, 2.45) is 11.8 Å². The van der Waals surface area contributed by atoms with Gasteiger partial charge in [0, 0.05) is 17.3 Å². The smallest absolute Gasteiger partial charge is 0.251 e. The normalized spacial score (nSPS) is 26.2. The standard InChI is InChI=1S/C16H25N3O/c1-4-13-8-12(9-15(17)18-13)16(20)19-14-6-5-10(2)11(3)7-14/h8-11,14H,4-7H2,1-3H3,(H2,17,18)(H,19,20). The summed E-state index contributed by atoms with van der Waals surface area (Å²) in [6, 6.07) is 3.78. The Bertz CT molecular complexity index is 487. The number of nitrogens with two attached hydrogens (primary N) is 1. The molecule has 4 heteroatoms. The molecule has 1 aliphatic rings. The van der Waals surface area contributed by atoms with Crippen LogP contribution in [0.3, 0.4) is 0 Å². The zero-order valence-electron chi connectivity index (χ0n) is 12.6. The fourth-order valence-electron chi connectivity index (χ4n) is 2.87. The number of carbonyl (C=O) groups excluding carboxylic acids is 1. The van der Waals surface area contributed by atoms with E-state index >= 15 is 0 Å². The van der Waals surface area contributed by atoms with Gasteiger partial charge in [-0.25, -0.2) is 4.98 Å². The third kappa shape index (κ3) is 3.50. The van der Waals surface area contributed by atoms with Crippen LogP contribution in [0.5, 0.6) is 0 Å². The molecule has 1 heterocycles. The fourth-order valence-corrected chi connectivity index (χ4v) is 2.87. The highest BCUT2D eigenvalue weighted by Crippen LogP contribution is 2.29. The third-order valence-corrected chi connectivity index (χ3v) is 4.46. The van der Waals surface area contributed by atoms with Crippen LogP contribution in [0.4, 0.5) is 5.82 Å². The number of nitrogens with zero attached hydrogens (tertiary/aromatic N) is 1. The molecule has 0 radical (unpaired) electrons. The lowest BCUT2D eigenvalue weighted by molar-refractivity contribution is 0.0910. The van der Waals surface area contributed by atoms with E-state index in [9.17, 15) is 4.79 Å². The lowest BCUT2D eigenvalue weighted by atomic mass is 9.79. The largest absolute Gasteiger partial charge is 0.384 e. The van der Waals surface area contributed by atoms with Crippen molar-refractivity contribution in [3.63, 3.8) is 0 Å². The maximum atomic E-state index is 12.3. The third-order valence-electron chi connectivity index (χ3n) is 4.46. The van der Waals surface area contributed by atoms with Gasteiger partial charge in [-0.05, 0) is 49.7 Å². The van der Waals surface area contributed by atoms with Crippen LogP contribution in [0.2, 0.25) is 0 Å². The van der Waals surface area contributed by atoms with Crippen molar-refractivity contribution in [1.82, 2.24) is 10.3 Å². The van der Waals surface area contributed by atoms with Gasteiger partial charge in [0.1, 0.15) is 5.82 Å². The monoisotopic (exact) mass is 275 g/mol. The van der Waals surface area contributed by atoms with Crippen LogP contribution < -0.4 is 11.1 Å². The summed E-state index contributed by atoms with van der Waals surface area (Å²) in [6.07, 6.45) is 4.10. The molecule has 3 atom stereocenters. The maximum absolute atomic E-state index is 12.3. The van der Waals surface area contributed by atoms with E-state index < -0.39 is 0 Å². The van der Waals surface area contributed by atoms with Crippen molar-refractivity contribution in [2.75, 3.05) is 5.73 Å². The first-order valence-corrected chi connectivity index (χ1v) is 7.57. The fraction of sp³-hybridized carbons (Fsp3) is 0.625. The number of nitrogens with one attached hydrogen (secondary N) is 1. The van der Waals surface area contributed by atoms with Gasteiger partial charge in [-0.2, -0.15) is 0 Å². The molecule has 1 aliphatic carbocycles. The molecule has 0 aliphatic heterocycles. The molecule has 1 fully saturated rings. The van der Waals surface area contributed by atoms with Gasteiger partial charge >= 0.3 is 0 Å². The Kier molecular flexibility index (Phi) is 4.63. The number of carbonyl (C=O) groups is 1. The van der Waals surface area contributed by atoms with E-state index in [2.05, 4.69) is 24.1 Å². The van der Waals surface area contributed by atoms with E-state index in [0.29, 0.717) is 17.3 Å². The summed E-state index contributed by atoms with van der Waals surface area (Å²) in [5.41, 5.74) is 7.24. The second-order valence-corrected chi connectivity index (χ2v) is 6.06. The molecular weight excluding hydrogens is 250 g/mol. The summed E-state index contributed by atoms with van der Waals surface area (Å²) >= 11 is 0. The average Bonchev–Trinajstić information content (AvgIpc) is 2.42. The van der Waals surface area contributed by atoms with E-state index in [1.165, 1.54) is 6.42 Å². The predicted molar refractivity (Wildman–Crippen MR) is 81.5 cm³/mol. The van der Waals surface area contributed by atoms with Gasteiger partial charge in [0.15, 0.2) is 0 Å². The highest BCUT2D eigenvalue weighted by Gasteiger charge is 2.25. The molecule has 3 unspecified atom stereocenters. The zero-order valence-corrected chi connectivity index (χ0v) is 12.6. The molecule has 3 N–H and O–H groups in total. The summed E-state index contributed by atoms with van der Waals surface area (Å²) in [5.74, 6) is 1.81. The highest BCUT2D eigenvalue weighted by atomic mass is 16.1. The first-order chi connectivity index (χ1) is 9.49. The van der Waals surface area contributed by atoms with E-state index in [0.717, 1.165) is 30.9 Å². The van der Waals surface area contributed by atoms with Crippen molar-refractivity contribution in [3.05, 3.63) is 23.4 Å². The highest BCUT2D eigenvalue weighted by molar-refractivity contribution is 5.95. The summed E-state index contributed by atoms with van der Waals surface area (Å²) in [5, 5.41) is 3.14. The molecule has 4 nitrogen and oxygen atoms in total. The van der Waals surface area contributed by atoms with Gasteiger partial charge in [0.2, 0.25) is 0 Å². The molecule has 1 aromatic rings. The minimum atomic E-state index is -0.0273. The van der Waals surface area contributed by atoms with E-state index in [1.807, 2.05) is 13.0 Å². The molecule has 1 amide bonds. The van der Waals surface area contributed by atoms with Crippen LogP contribution in [0, 0.1) is 11.8 Å². The minimum absolute atomic E-state index is 0.0273. The van der Waals surface area contributed by atoms with Crippen molar-refractivity contribution in [2.45, 2.75) is 52.5 Å². The molecule has 0 saturated heterocycles. The molecule has 20 heavy (non-hydrogen) atoms. The first-order valence-electron chi connectivity index (χ1n) is 7.57. The van der Waals surface area contributed by atoms with Crippen LogP contribution in [-0.2, 0) is 6.42 Å². The van der Waals surface area contributed by atoms with Gasteiger partial charge in [0.25, 0.3) is 5.91 Å². The Labute approximate surface area is 121 Å². The number of hydrogen-bond acceptors (Lipinski definition) is 3. The quantitative estimate of drug-likeness (QED) is 0.891. The number of pyridine rings is 1. The lowest BCUT2D eigenvalue weighted by Gasteiger charge is -2.32. The molecule has 0 bridgehead atoms. The van der Waals surface area contributed by atoms with Crippen LogP contribution in [0.15, 0.2) is 12.1 Å². The Hall–Kier alpha value is -1.58. The minimum Gasteiger partial charge on any atom is -0.384 e. The topological polar surface area (TPSA) is 68.0 Å². The van der Waals surface area contributed by atoms with Gasteiger partial charge in [-0.3, -0.25) is 4.79 Å². The number of aryl methyl sites for hydroxylation is 1. The van der Waals surface area contributed by atoms with Crippen LogP contribution in [0.25, 0.3) is 0 Å². The first kappa shape index (κ1) is 14.8. The van der Waals surface area contributed by atoms with E-state index in [1.54, 1.807) is 6.07 Å². The molecule has 1 aromatic heterocycles. The Morgan fingerprint density at radius 1 is 1.35 bits per heavy atom. The summed E-state index contributed by atoms with van der Waals surface area (Å²) in [7, 11) is 0. The van der Waals surface area contributed by atoms with Crippen molar-refractivity contribution in [3.8, 4) is 0 Å². The number of anilines is 1. The van der Waals surface area contributed by atoms with Gasteiger partial charge in [0.05, 0.1) is 0 Å². The molecule has 0 spiro atoms. The second kappa shape index (κ2) is 6.25. The van der Waals surface area contributed by atoms with Crippen LogP contribution in [-0.4, -0.2) is 16.9 Å². The Morgan fingerprint density at radius 2 is 2.10 bits per heavy atom. The molecular formula is C16H25N3O. The molecule has 1 saturated carbocycles. The molecule has 0 aromatic carbocycles. The second-order valence-electron chi connectivity index (χ2n) is 6.06. The molecule has 2 rings (SSSR count). The number of nitrogen functional groups attached to an aromatic ring is 1. The Balaban J connectivity index is 2.03. The summed E-state index contributed by atoms with van der Waals surface area (Å²) in [6.45, 7) is 6.57. The number of amides is 1. The number of aromatic nitrogens is 1. The Morgan fingerprint density at radius 3 is 2.75 bits per heavy atom. The van der Waals surface area contributed by atoms with E-state index in [-0.39, 0.29) is 11.9 Å². The van der Waals surface area contributed by atoms with Crippen molar-refractivity contribution >= 4 is 11.7 Å². The van der Waals surface area contributed by atoms with E-state index in [4.69, 9.17) is 5.73 Å². The van der Waals surface area contributed by atoms with Crippen LogP contribution in [0.1, 0.15) is 56.1 Å². The zero-order chi connectivity index (χ0) is 14.7. The predicted octanol–water partition coefficient (Wildman–Crippen LogP) is 2.78. The van der Waals surface area contributed by atoms with Gasteiger partial charge < -0.3 is 11.1 Å². The summed E-state index contributed by atoms with van der Waals surface area (Å²) in [4.78, 5) is 16.5. The summed E-state index contributed by atoms with van der Waals surface area (Å²) < 4.78 is 0. The number of hydrogen-bond donors (Lipinski definition) is 2. The van der Waals surface area contributed by atoms with Gasteiger partial charge in [-0.15, -0.1) is 0 Å². The van der Waals surface area contributed by atoms with Crippen LogP contribution >= 0.6 is 0 Å². The lowest BCUT2D eigenvalue weighted by Crippen LogP contribution is -2.39. The maximum Gasteiger partial charge on any atom is 0.251 e. The van der Waals surface area contributed by atoms with Gasteiger partial charge in [-0.1, -0.05) is 20.8 Å². The SMILES string of the molecule is CCc1cc(C(=O)NC2CCC(C)C(C)C2)cc(N)n1. The molecule has 110 valence electrons. The van der Waals surface area contributed by atoms with Crippen molar-refractivity contribution < 1.29 is 4.79 Å². The number of rotatable bonds is 3. The van der Waals surface area contributed by atoms with Crippen molar-refractivity contribution in [1.29, 1.82) is 0 Å².